The maximum absolute atomic E-state index is 4.93. The molecule has 0 amide bonds. The van der Waals surface area contributed by atoms with E-state index in [1.165, 1.54) is 30.5 Å². The molecule has 0 saturated heterocycles. The van der Waals surface area contributed by atoms with Gasteiger partial charge in [-0.2, -0.15) is 0 Å². The highest BCUT2D eigenvalue weighted by atomic mass is 15.2. The van der Waals surface area contributed by atoms with Gasteiger partial charge < -0.3 is 10.3 Å². The molecule has 7 heteroatoms. The van der Waals surface area contributed by atoms with Gasteiger partial charge in [-0.1, -0.05) is 18.2 Å². The molecule has 180 valence electrons. The number of para-hydroxylation sites is 2. The third kappa shape index (κ3) is 4.97. The predicted octanol–water partition coefficient (Wildman–Crippen LogP) is 4.73. The molecule has 0 radical (unpaired) electrons. The Labute approximate surface area is 206 Å². The second-order valence-electron chi connectivity index (χ2n) is 9.88. The summed E-state index contributed by atoms with van der Waals surface area (Å²) in [6.45, 7) is 1.56. The molecule has 2 aliphatic rings. The number of nitrogens with zero attached hydrogens (tertiary/aromatic N) is 5. The second kappa shape index (κ2) is 10.2. The van der Waals surface area contributed by atoms with Crippen LogP contribution in [0.15, 0.2) is 61.1 Å². The van der Waals surface area contributed by atoms with Gasteiger partial charge in [-0.15, -0.1) is 0 Å². The van der Waals surface area contributed by atoms with Crippen LogP contribution in [-0.2, 0) is 19.5 Å². The molecule has 2 N–H and O–H groups in total. The number of nitrogens with one attached hydrogen (secondary N) is 2. The first-order valence-corrected chi connectivity index (χ1v) is 13.0. The molecule has 1 fully saturated rings. The molecule has 7 nitrogen and oxygen atoms in total. The number of benzene rings is 1. The molecule has 3 heterocycles. The smallest absolute Gasteiger partial charge is 0.141 e. The van der Waals surface area contributed by atoms with Crippen molar-refractivity contribution in [2.45, 2.75) is 76.2 Å². The summed E-state index contributed by atoms with van der Waals surface area (Å²) in [5.74, 6) is 1.92. The Morgan fingerprint density at radius 3 is 2.57 bits per heavy atom. The Morgan fingerprint density at radius 1 is 0.886 bits per heavy atom. The number of aryl methyl sites for hydroxylation is 1. The van der Waals surface area contributed by atoms with Crippen molar-refractivity contribution in [3.8, 4) is 0 Å². The molecule has 1 atom stereocenters. The van der Waals surface area contributed by atoms with E-state index in [4.69, 9.17) is 9.97 Å². The number of imidazole rings is 1. The average molecular weight is 468 g/mol. The van der Waals surface area contributed by atoms with Crippen molar-refractivity contribution in [2.75, 3.05) is 0 Å². The number of hydrogen-bond donors (Lipinski definition) is 2. The molecule has 3 aromatic heterocycles. The molecular formula is C28H33N7. The van der Waals surface area contributed by atoms with Crippen LogP contribution in [-0.4, -0.2) is 41.9 Å². The summed E-state index contributed by atoms with van der Waals surface area (Å²) in [5, 5.41) is 3.69. The van der Waals surface area contributed by atoms with Gasteiger partial charge in [-0.3, -0.25) is 9.88 Å². The van der Waals surface area contributed by atoms with E-state index in [0.717, 1.165) is 61.5 Å². The number of hydrogen-bond acceptors (Lipinski definition) is 6. The van der Waals surface area contributed by atoms with Crippen LogP contribution in [0.5, 0.6) is 0 Å². The summed E-state index contributed by atoms with van der Waals surface area (Å²) < 4.78 is 0. The zero-order valence-electron chi connectivity index (χ0n) is 20.1. The first kappa shape index (κ1) is 22.3. The highest BCUT2D eigenvalue weighted by Gasteiger charge is 2.34. The molecule has 1 saturated carbocycles. The quantitative estimate of drug-likeness (QED) is 0.409. The molecule has 6 rings (SSSR count). The van der Waals surface area contributed by atoms with Crippen LogP contribution in [0, 0.1) is 0 Å². The molecule has 0 aliphatic heterocycles. The van der Waals surface area contributed by atoms with E-state index in [2.05, 4.69) is 61.6 Å². The molecule has 35 heavy (non-hydrogen) atoms. The number of pyridine rings is 1. The molecular weight excluding hydrogens is 434 g/mol. The number of fused-ring (bicyclic) bond motifs is 2. The summed E-state index contributed by atoms with van der Waals surface area (Å²) in [4.78, 5) is 24.8. The van der Waals surface area contributed by atoms with Gasteiger partial charge in [0.15, 0.2) is 0 Å². The van der Waals surface area contributed by atoms with Crippen LogP contribution in [0.1, 0.15) is 67.5 Å². The van der Waals surface area contributed by atoms with Crippen molar-refractivity contribution in [1.82, 2.24) is 35.1 Å². The van der Waals surface area contributed by atoms with Crippen LogP contribution < -0.4 is 5.32 Å². The molecule has 1 aromatic carbocycles. The third-order valence-electron chi connectivity index (χ3n) is 7.67. The van der Waals surface area contributed by atoms with Gasteiger partial charge in [-0.25, -0.2) is 15.0 Å². The Bertz CT molecular complexity index is 1210. The minimum atomic E-state index is 0.348. The van der Waals surface area contributed by atoms with E-state index in [0.29, 0.717) is 18.1 Å². The largest absolute Gasteiger partial charge is 0.341 e. The highest BCUT2D eigenvalue weighted by molar-refractivity contribution is 5.74. The van der Waals surface area contributed by atoms with Gasteiger partial charge in [0.25, 0.3) is 0 Å². The summed E-state index contributed by atoms with van der Waals surface area (Å²) in [7, 11) is 0. The van der Waals surface area contributed by atoms with E-state index in [-0.39, 0.29) is 0 Å². The molecule has 2 aliphatic carbocycles. The Balaban J connectivity index is 1.20. The third-order valence-corrected chi connectivity index (χ3v) is 7.67. The summed E-state index contributed by atoms with van der Waals surface area (Å²) in [6, 6.07) is 15.9. The van der Waals surface area contributed by atoms with Crippen molar-refractivity contribution in [1.29, 1.82) is 0 Å². The van der Waals surface area contributed by atoms with Crippen molar-refractivity contribution < 1.29 is 0 Å². The molecule has 0 bridgehead atoms. The molecule has 1 unspecified atom stereocenters. The normalized spacial score (nSPS) is 22.4. The van der Waals surface area contributed by atoms with Crippen molar-refractivity contribution >= 4 is 11.0 Å². The highest BCUT2D eigenvalue weighted by Crippen LogP contribution is 2.38. The van der Waals surface area contributed by atoms with Crippen LogP contribution in [0.25, 0.3) is 11.0 Å². The van der Waals surface area contributed by atoms with E-state index in [1.807, 2.05) is 24.7 Å². The lowest BCUT2D eigenvalue weighted by Crippen LogP contribution is -2.44. The van der Waals surface area contributed by atoms with E-state index >= 15 is 0 Å². The summed E-state index contributed by atoms with van der Waals surface area (Å²) in [6.07, 6.45) is 13.8. The van der Waals surface area contributed by atoms with Gasteiger partial charge in [0.05, 0.1) is 35.9 Å². The minimum absolute atomic E-state index is 0.348. The van der Waals surface area contributed by atoms with Gasteiger partial charge in [0.1, 0.15) is 11.6 Å². The van der Waals surface area contributed by atoms with E-state index in [9.17, 15) is 0 Å². The van der Waals surface area contributed by atoms with Crippen molar-refractivity contribution in [2.24, 2.45) is 0 Å². The van der Waals surface area contributed by atoms with E-state index < -0.39 is 0 Å². The predicted molar refractivity (Wildman–Crippen MR) is 136 cm³/mol. The summed E-state index contributed by atoms with van der Waals surface area (Å²) in [5.41, 5.74) is 4.84. The minimum Gasteiger partial charge on any atom is -0.341 e. The fraction of sp³-hybridized carbons (Fsp3) is 0.429. The van der Waals surface area contributed by atoms with Gasteiger partial charge in [0, 0.05) is 30.7 Å². The lowest BCUT2D eigenvalue weighted by Gasteiger charge is -2.42. The van der Waals surface area contributed by atoms with Crippen LogP contribution in [0.3, 0.4) is 0 Å². The van der Waals surface area contributed by atoms with E-state index in [1.54, 1.807) is 0 Å². The topological polar surface area (TPSA) is 82.6 Å². The monoisotopic (exact) mass is 467 g/mol. The average Bonchev–Trinajstić information content (AvgIpc) is 3.34. The van der Waals surface area contributed by atoms with Gasteiger partial charge in [-0.05, 0) is 74.8 Å². The maximum atomic E-state index is 4.93. The number of H-pyrrole nitrogens is 1. The zero-order valence-corrected chi connectivity index (χ0v) is 20.1. The maximum Gasteiger partial charge on any atom is 0.141 e. The Morgan fingerprint density at radius 2 is 1.71 bits per heavy atom. The van der Waals surface area contributed by atoms with Crippen molar-refractivity contribution in [3.63, 3.8) is 0 Å². The number of rotatable bonds is 7. The molecule has 0 spiro atoms. The van der Waals surface area contributed by atoms with Crippen molar-refractivity contribution in [3.05, 3.63) is 84.0 Å². The van der Waals surface area contributed by atoms with Crippen LogP contribution in [0.4, 0.5) is 0 Å². The number of aromatic nitrogens is 5. The second-order valence-corrected chi connectivity index (χ2v) is 9.88. The SMILES string of the molecule is c1cnc(CNC2CCC(N(Cc3nc4ccccc4[nH]3)C3CCCc4cccnc43)CC2)nc1. The van der Waals surface area contributed by atoms with Gasteiger partial charge in [0.2, 0.25) is 0 Å². The lowest BCUT2D eigenvalue weighted by atomic mass is 9.85. The Kier molecular flexibility index (Phi) is 6.51. The first-order chi connectivity index (χ1) is 17.3. The van der Waals surface area contributed by atoms with Crippen LogP contribution >= 0.6 is 0 Å². The molecule has 4 aromatic rings. The Hall–Kier alpha value is -3.16. The van der Waals surface area contributed by atoms with Gasteiger partial charge >= 0.3 is 0 Å². The standard InChI is InChI=1S/C28H33N7/c1-2-9-24-23(8-1)33-27(34-24)19-35(25-10-3-6-20-7-4-15-31-28(20)25)22-13-11-21(12-14-22)32-18-26-29-16-5-17-30-26/h1-2,4-5,7-9,15-17,21-22,25,32H,3,6,10-14,18-19H2,(H,33,34). The lowest BCUT2D eigenvalue weighted by molar-refractivity contribution is 0.0728. The zero-order chi connectivity index (χ0) is 23.5. The fourth-order valence-corrected chi connectivity index (χ4v) is 5.92. The fourth-order valence-electron chi connectivity index (χ4n) is 5.92. The first-order valence-electron chi connectivity index (χ1n) is 13.0. The summed E-state index contributed by atoms with van der Waals surface area (Å²) >= 11 is 0. The number of aromatic amines is 1. The van der Waals surface area contributed by atoms with Crippen LogP contribution in [0.2, 0.25) is 0 Å².